The average molecular weight is 308 g/mol. The fourth-order valence-electron chi connectivity index (χ4n) is 2.42. The summed E-state index contributed by atoms with van der Waals surface area (Å²) in [7, 11) is 0. The van der Waals surface area contributed by atoms with Crippen LogP contribution < -0.4 is 5.32 Å². The highest BCUT2D eigenvalue weighted by atomic mass is 16.6. The van der Waals surface area contributed by atoms with Crippen molar-refractivity contribution in [2.24, 2.45) is 5.92 Å². The summed E-state index contributed by atoms with van der Waals surface area (Å²) in [5.74, 6) is 0.467. The molecule has 1 aromatic rings. The summed E-state index contributed by atoms with van der Waals surface area (Å²) in [5.41, 5.74) is -0.522. The van der Waals surface area contributed by atoms with Gasteiger partial charge in [0.1, 0.15) is 11.4 Å². The van der Waals surface area contributed by atoms with Crippen LogP contribution in [0, 0.1) is 5.92 Å². The van der Waals surface area contributed by atoms with E-state index >= 15 is 0 Å². The van der Waals surface area contributed by atoms with Gasteiger partial charge in [0.2, 0.25) is 5.91 Å². The second kappa shape index (κ2) is 6.85. The van der Waals surface area contributed by atoms with Crippen molar-refractivity contribution in [3.63, 3.8) is 0 Å². The predicted octanol–water partition coefficient (Wildman–Crippen LogP) is 2.54. The lowest BCUT2D eigenvalue weighted by molar-refractivity contribution is -0.126. The van der Waals surface area contributed by atoms with Gasteiger partial charge in [-0.1, -0.05) is 0 Å². The third-order valence-electron chi connectivity index (χ3n) is 3.46. The van der Waals surface area contributed by atoms with E-state index in [2.05, 4.69) is 5.32 Å². The molecule has 1 saturated heterocycles. The lowest BCUT2D eigenvalue weighted by atomic mass is 9.97. The normalized spacial score (nSPS) is 18.9. The molecule has 2 amide bonds. The van der Waals surface area contributed by atoms with Crippen LogP contribution in [0.5, 0.6) is 0 Å². The molecule has 0 spiro atoms. The highest BCUT2D eigenvalue weighted by molar-refractivity contribution is 5.80. The van der Waals surface area contributed by atoms with E-state index < -0.39 is 5.60 Å². The first-order valence-corrected chi connectivity index (χ1v) is 7.63. The van der Waals surface area contributed by atoms with E-state index in [0.717, 1.165) is 12.8 Å². The number of ether oxygens (including phenoxy) is 1. The number of nitrogens with one attached hydrogen (secondary N) is 1. The zero-order valence-corrected chi connectivity index (χ0v) is 13.4. The van der Waals surface area contributed by atoms with Gasteiger partial charge in [0.05, 0.1) is 18.7 Å². The molecule has 0 aliphatic carbocycles. The fraction of sp³-hybridized carbons (Fsp3) is 0.625. The van der Waals surface area contributed by atoms with Gasteiger partial charge >= 0.3 is 6.09 Å². The number of furan rings is 1. The minimum Gasteiger partial charge on any atom is -0.467 e. The molecule has 0 unspecified atom stereocenters. The van der Waals surface area contributed by atoms with Gasteiger partial charge in [-0.3, -0.25) is 4.79 Å². The summed E-state index contributed by atoms with van der Waals surface area (Å²) in [5, 5.41) is 2.85. The Kier molecular flexibility index (Phi) is 5.11. The van der Waals surface area contributed by atoms with E-state index in [4.69, 9.17) is 9.15 Å². The summed E-state index contributed by atoms with van der Waals surface area (Å²) < 4.78 is 10.6. The van der Waals surface area contributed by atoms with Crippen molar-refractivity contribution >= 4 is 12.0 Å². The zero-order chi connectivity index (χ0) is 16.2. The molecule has 6 heteroatoms. The Labute approximate surface area is 130 Å². The van der Waals surface area contributed by atoms with Crippen molar-refractivity contribution in [1.82, 2.24) is 10.2 Å². The maximum Gasteiger partial charge on any atom is 0.410 e. The number of hydrogen-bond donors (Lipinski definition) is 1. The van der Waals surface area contributed by atoms with Gasteiger partial charge in [-0.15, -0.1) is 0 Å². The van der Waals surface area contributed by atoms with E-state index in [9.17, 15) is 9.59 Å². The third kappa shape index (κ3) is 4.79. The second-order valence-electron chi connectivity index (χ2n) is 6.56. The van der Waals surface area contributed by atoms with Crippen molar-refractivity contribution < 1.29 is 18.7 Å². The molecular formula is C16H24N2O4. The number of amides is 2. The summed E-state index contributed by atoms with van der Waals surface area (Å²) in [6, 6.07) is 3.60. The van der Waals surface area contributed by atoms with Crippen molar-refractivity contribution in [2.75, 3.05) is 13.1 Å². The Morgan fingerprint density at radius 3 is 2.86 bits per heavy atom. The smallest absolute Gasteiger partial charge is 0.410 e. The molecule has 0 radical (unpaired) electrons. The minimum absolute atomic E-state index is 0.0512. The molecule has 0 bridgehead atoms. The lowest BCUT2D eigenvalue weighted by Gasteiger charge is -2.33. The SMILES string of the molecule is CC(C)(C)OC(=O)N1CCC[C@H](C(=O)NCc2ccco2)C1. The maximum atomic E-state index is 12.2. The number of carbonyl (C=O) groups is 2. The number of rotatable bonds is 3. The first-order valence-electron chi connectivity index (χ1n) is 7.63. The van der Waals surface area contributed by atoms with Crippen LogP contribution in [0.3, 0.4) is 0 Å². The summed E-state index contributed by atoms with van der Waals surface area (Å²) in [4.78, 5) is 25.9. The van der Waals surface area contributed by atoms with Crippen molar-refractivity contribution in [3.8, 4) is 0 Å². The molecule has 22 heavy (non-hydrogen) atoms. The molecule has 1 aromatic heterocycles. The van der Waals surface area contributed by atoms with Crippen LogP contribution in [0.2, 0.25) is 0 Å². The van der Waals surface area contributed by atoms with Crippen molar-refractivity contribution in [1.29, 1.82) is 0 Å². The average Bonchev–Trinajstić information content (AvgIpc) is 2.96. The number of hydrogen-bond acceptors (Lipinski definition) is 4. The highest BCUT2D eigenvalue weighted by Crippen LogP contribution is 2.19. The van der Waals surface area contributed by atoms with Crippen LogP contribution in [-0.4, -0.2) is 35.6 Å². The topological polar surface area (TPSA) is 71.8 Å². The molecule has 1 fully saturated rings. The van der Waals surface area contributed by atoms with Gasteiger partial charge in [-0.25, -0.2) is 4.79 Å². The number of carbonyl (C=O) groups excluding carboxylic acids is 2. The Morgan fingerprint density at radius 1 is 1.45 bits per heavy atom. The molecule has 0 saturated carbocycles. The summed E-state index contributed by atoms with van der Waals surface area (Å²) in [6.07, 6.45) is 2.81. The fourth-order valence-corrected chi connectivity index (χ4v) is 2.42. The van der Waals surface area contributed by atoms with Crippen LogP contribution in [0.4, 0.5) is 4.79 Å². The van der Waals surface area contributed by atoms with E-state index in [1.807, 2.05) is 26.8 Å². The third-order valence-corrected chi connectivity index (χ3v) is 3.46. The van der Waals surface area contributed by atoms with Crippen LogP contribution in [0.15, 0.2) is 22.8 Å². The van der Waals surface area contributed by atoms with Gasteiger partial charge < -0.3 is 19.4 Å². The zero-order valence-electron chi connectivity index (χ0n) is 13.4. The van der Waals surface area contributed by atoms with Crippen LogP contribution in [0.25, 0.3) is 0 Å². The summed E-state index contributed by atoms with van der Waals surface area (Å²) >= 11 is 0. The van der Waals surface area contributed by atoms with Gasteiger partial charge in [0.25, 0.3) is 0 Å². The van der Waals surface area contributed by atoms with Gasteiger partial charge in [-0.05, 0) is 45.7 Å². The van der Waals surface area contributed by atoms with E-state index in [-0.39, 0.29) is 17.9 Å². The largest absolute Gasteiger partial charge is 0.467 e. The first-order chi connectivity index (χ1) is 10.3. The molecule has 1 N–H and O–H groups in total. The van der Waals surface area contributed by atoms with Crippen LogP contribution in [0.1, 0.15) is 39.4 Å². The second-order valence-corrected chi connectivity index (χ2v) is 6.56. The van der Waals surface area contributed by atoms with Crippen LogP contribution >= 0.6 is 0 Å². The molecule has 6 nitrogen and oxygen atoms in total. The van der Waals surface area contributed by atoms with Crippen molar-refractivity contribution in [2.45, 2.75) is 45.8 Å². The number of likely N-dealkylation sites (tertiary alicyclic amines) is 1. The Bertz CT molecular complexity index is 505. The number of nitrogens with zero attached hydrogens (tertiary/aromatic N) is 1. The molecule has 0 aromatic carbocycles. The Hall–Kier alpha value is -1.98. The predicted molar refractivity (Wildman–Crippen MR) is 81.1 cm³/mol. The molecule has 2 rings (SSSR count). The summed E-state index contributed by atoms with van der Waals surface area (Å²) in [6.45, 7) is 6.91. The standard InChI is InChI=1S/C16H24N2O4/c1-16(2,3)22-15(20)18-8-4-6-12(11-18)14(19)17-10-13-7-5-9-21-13/h5,7,9,12H,4,6,8,10-11H2,1-3H3,(H,17,19)/t12-/m0/s1. The van der Waals surface area contributed by atoms with E-state index in [1.54, 1.807) is 17.2 Å². The highest BCUT2D eigenvalue weighted by Gasteiger charge is 2.30. The minimum atomic E-state index is -0.522. The number of piperidine rings is 1. The molecular weight excluding hydrogens is 284 g/mol. The molecule has 122 valence electrons. The molecule has 2 heterocycles. The maximum absolute atomic E-state index is 12.2. The Morgan fingerprint density at radius 2 is 2.23 bits per heavy atom. The monoisotopic (exact) mass is 308 g/mol. The molecule has 1 aliphatic rings. The van der Waals surface area contributed by atoms with Crippen LogP contribution in [-0.2, 0) is 16.1 Å². The van der Waals surface area contributed by atoms with E-state index in [0.29, 0.717) is 25.4 Å². The lowest BCUT2D eigenvalue weighted by Crippen LogP contribution is -2.46. The quantitative estimate of drug-likeness (QED) is 0.931. The molecule has 1 atom stereocenters. The van der Waals surface area contributed by atoms with Gasteiger partial charge in [0.15, 0.2) is 0 Å². The van der Waals surface area contributed by atoms with Gasteiger partial charge in [0, 0.05) is 13.1 Å². The van der Waals surface area contributed by atoms with E-state index in [1.165, 1.54) is 0 Å². The van der Waals surface area contributed by atoms with Gasteiger partial charge in [-0.2, -0.15) is 0 Å². The first kappa shape index (κ1) is 16.4. The Balaban J connectivity index is 1.84. The van der Waals surface area contributed by atoms with Crippen molar-refractivity contribution in [3.05, 3.63) is 24.2 Å². The molecule has 1 aliphatic heterocycles.